The fraction of sp³-hybridized carbons (Fsp3) is 0.238. The van der Waals surface area contributed by atoms with Gasteiger partial charge in [0.25, 0.3) is 5.89 Å². The maximum absolute atomic E-state index is 5.54. The lowest BCUT2D eigenvalue weighted by molar-refractivity contribution is 0.531. The van der Waals surface area contributed by atoms with Crippen LogP contribution in [-0.4, -0.2) is 40.0 Å². The number of benzene rings is 2. The molecule has 2 aromatic heterocycles. The predicted molar refractivity (Wildman–Crippen MR) is 110 cm³/mol. The van der Waals surface area contributed by atoms with Crippen LogP contribution in [0.1, 0.15) is 12.8 Å². The Morgan fingerprint density at radius 1 is 0.893 bits per heavy atom. The predicted octanol–water partition coefficient (Wildman–Crippen LogP) is 3.93. The summed E-state index contributed by atoms with van der Waals surface area (Å²) in [5.41, 5.74) is 1.81. The first-order valence-electron chi connectivity index (χ1n) is 9.36. The third-order valence-corrected chi connectivity index (χ3v) is 4.59. The zero-order chi connectivity index (χ0) is 19.3. The first-order chi connectivity index (χ1) is 13.8. The molecule has 0 aliphatic carbocycles. The van der Waals surface area contributed by atoms with Gasteiger partial charge in [-0.3, -0.25) is 0 Å². The van der Waals surface area contributed by atoms with Crippen molar-refractivity contribution in [1.29, 1.82) is 0 Å². The Kier molecular flexibility index (Phi) is 5.14. The van der Waals surface area contributed by atoms with E-state index in [0.29, 0.717) is 17.5 Å². The minimum atomic E-state index is 0.383. The maximum Gasteiger partial charge on any atom is 0.268 e. The fourth-order valence-corrected chi connectivity index (χ4v) is 3.20. The van der Waals surface area contributed by atoms with Gasteiger partial charge in [0.15, 0.2) is 11.5 Å². The van der Waals surface area contributed by atoms with Gasteiger partial charge in [-0.2, -0.15) is 0 Å². The summed E-state index contributed by atoms with van der Waals surface area (Å²) in [5.74, 6) is 1.64. The van der Waals surface area contributed by atoms with E-state index in [-0.39, 0.29) is 0 Å². The van der Waals surface area contributed by atoms with Crippen LogP contribution in [0.15, 0.2) is 59.0 Å². The van der Waals surface area contributed by atoms with Crippen molar-refractivity contribution >= 4 is 22.3 Å². The molecule has 0 aliphatic heterocycles. The van der Waals surface area contributed by atoms with Crippen LogP contribution in [0.2, 0.25) is 0 Å². The number of likely N-dealkylation sites (N-methyl/N-ethyl adjacent to an activating group) is 1. The molecule has 0 aliphatic rings. The van der Waals surface area contributed by atoms with Crippen LogP contribution in [0.5, 0.6) is 0 Å². The molecule has 0 saturated carbocycles. The SMILES string of the molecule is CCN(CCNc1nnc(-c2nnc(C)o2)c2ccccc12)c1ccccc1. The number of hydrogen-bond acceptors (Lipinski definition) is 7. The maximum atomic E-state index is 5.54. The van der Waals surface area contributed by atoms with Gasteiger partial charge >= 0.3 is 0 Å². The first-order valence-corrected chi connectivity index (χ1v) is 9.36. The molecule has 4 rings (SSSR count). The van der Waals surface area contributed by atoms with Gasteiger partial charge in [0.1, 0.15) is 0 Å². The van der Waals surface area contributed by atoms with Crippen molar-refractivity contribution in [2.24, 2.45) is 0 Å². The topological polar surface area (TPSA) is 80.0 Å². The van der Waals surface area contributed by atoms with Crippen molar-refractivity contribution in [3.05, 3.63) is 60.5 Å². The van der Waals surface area contributed by atoms with Crippen molar-refractivity contribution in [2.75, 3.05) is 29.9 Å². The van der Waals surface area contributed by atoms with Crippen LogP contribution in [0, 0.1) is 6.92 Å². The second-order valence-corrected chi connectivity index (χ2v) is 6.41. The largest absolute Gasteiger partial charge is 0.420 e. The highest BCUT2D eigenvalue weighted by atomic mass is 16.4. The molecule has 7 nitrogen and oxygen atoms in total. The lowest BCUT2D eigenvalue weighted by Crippen LogP contribution is -2.28. The quantitative estimate of drug-likeness (QED) is 0.525. The van der Waals surface area contributed by atoms with E-state index >= 15 is 0 Å². The van der Waals surface area contributed by atoms with Gasteiger partial charge in [0.2, 0.25) is 5.89 Å². The summed E-state index contributed by atoms with van der Waals surface area (Å²) in [6.45, 7) is 6.47. The van der Waals surface area contributed by atoms with E-state index < -0.39 is 0 Å². The van der Waals surface area contributed by atoms with Gasteiger partial charge in [-0.1, -0.05) is 42.5 Å². The van der Waals surface area contributed by atoms with E-state index in [1.807, 2.05) is 30.3 Å². The minimum Gasteiger partial charge on any atom is -0.420 e. The molecule has 0 bridgehead atoms. The molecule has 28 heavy (non-hydrogen) atoms. The molecule has 0 amide bonds. The number of rotatable bonds is 7. The summed E-state index contributed by atoms with van der Waals surface area (Å²) < 4.78 is 5.54. The molecule has 4 aromatic rings. The zero-order valence-electron chi connectivity index (χ0n) is 16.0. The molecule has 0 fully saturated rings. The fourth-order valence-electron chi connectivity index (χ4n) is 3.20. The highest BCUT2D eigenvalue weighted by molar-refractivity contribution is 5.98. The standard InChI is InChI=1S/C21H22N6O/c1-3-27(16-9-5-4-6-10-16)14-13-22-20-18-12-8-7-11-17(18)19(24-25-20)21-26-23-15(2)28-21/h4-12H,3,13-14H2,1-2H3,(H,22,25). The first kappa shape index (κ1) is 17.9. The van der Waals surface area contributed by atoms with E-state index in [0.717, 1.165) is 36.2 Å². The molecule has 0 unspecified atom stereocenters. The van der Waals surface area contributed by atoms with Crippen molar-refractivity contribution in [3.8, 4) is 11.6 Å². The van der Waals surface area contributed by atoms with Crippen LogP contribution in [-0.2, 0) is 0 Å². The summed E-state index contributed by atoms with van der Waals surface area (Å²) in [6, 6.07) is 18.4. The number of aryl methyl sites for hydroxylation is 1. The van der Waals surface area contributed by atoms with Gasteiger partial charge in [-0.05, 0) is 19.1 Å². The van der Waals surface area contributed by atoms with Gasteiger partial charge in [-0.15, -0.1) is 20.4 Å². The number of nitrogens with one attached hydrogen (secondary N) is 1. The number of fused-ring (bicyclic) bond motifs is 1. The molecule has 2 aromatic carbocycles. The Bertz CT molecular complexity index is 1060. The summed E-state index contributed by atoms with van der Waals surface area (Å²) in [7, 11) is 0. The van der Waals surface area contributed by atoms with Crippen molar-refractivity contribution in [3.63, 3.8) is 0 Å². The van der Waals surface area contributed by atoms with E-state index in [4.69, 9.17) is 4.42 Å². The molecule has 1 N–H and O–H groups in total. The summed E-state index contributed by atoms with van der Waals surface area (Å²) in [6.07, 6.45) is 0. The number of nitrogens with zero attached hydrogens (tertiary/aromatic N) is 5. The minimum absolute atomic E-state index is 0.383. The molecule has 0 spiro atoms. The molecule has 0 atom stereocenters. The summed E-state index contributed by atoms with van der Waals surface area (Å²) >= 11 is 0. The second kappa shape index (κ2) is 8.04. The molecule has 142 valence electrons. The van der Waals surface area contributed by atoms with Crippen LogP contribution < -0.4 is 10.2 Å². The van der Waals surface area contributed by atoms with E-state index in [2.05, 4.69) is 61.8 Å². The monoisotopic (exact) mass is 374 g/mol. The van der Waals surface area contributed by atoms with Gasteiger partial charge < -0.3 is 14.6 Å². The second-order valence-electron chi connectivity index (χ2n) is 6.41. The van der Waals surface area contributed by atoms with E-state index in [1.54, 1.807) is 6.92 Å². The zero-order valence-corrected chi connectivity index (χ0v) is 16.0. The average Bonchev–Trinajstić information content (AvgIpc) is 3.18. The van der Waals surface area contributed by atoms with Gasteiger partial charge in [-0.25, -0.2) is 0 Å². The summed E-state index contributed by atoms with van der Waals surface area (Å²) in [4.78, 5) is 2.32. The van der Waals surface area contributed by atoms with Gasteiger partial charge in [0.05, 0.1) is 0 Å². The molecule has 0 radical (unpaired) electrons. The van der Waals surface area contributed by atoms with Crippen molar-refractivity contribution in [2.45, 2.75) is 13.8 Å². The number of anilines is 2. The normalized spacial score (nSPS) is 10.9. The van der Waals surface area contributed by atoms with Gasteiger partial charge in [0, 0.05) is 43.0 Å². The van der Waals surface area contributed by atoms with Crippen molar-refractivity contribution in [1.82, 2.24) is 20.4 Å². The third-order valence-electron chi connectivity index (χ3n) is 4.59. The molecule has 0 saturated heterocycles. The van der Waals surface area contributed by atoms with Crippen LogP contribution >= 0.6 is 0 Å². The highest BCUT2D eigenvalue weighted by Gasteiger charge is 2.15. The van der Waals surface area contributed by atoms with Crippen molar-refractivity contribution < 1.29 is 4.42 Å². The number of hydrogen-bond donors (Lipinski definition) is 1. The molecule has 2 heterocycles. The molecular formula is C21H22N6O. The molecule has 7 heteroatoms. The Balaban J connectivity index is 1.55. The smallest absolute Gasteiger partial charge is 0.268 e. The van der Waals surface area contributed by atoms with E-state index in [1.165, 1.54) is 5.69 Å². The number of aromatic nitrogens is 4. The number of para-hydroxylation sites is 1. The Labute approximate surface area is 163 Å². The molecular weight excluding hydrogens is 352 g/mol. The Morgan fingerprint density at radius 2 is 1.64 bits per heavy atom. The van der Waals surface area contributed by atoms with Crippen LogP contribution in [0.4, 0.5) is 11.5 Å². The van der Waals surface area contributed by atoms with Crippen LogP contribution in [0.25, 0.3) is 22.4 Å². The average molecular weight is 374 g/mol. The van der Waals surface area contributed by atoms with Crippen LogP contribution in [0.3, 0.4) is 0 Å². The highest BCUT2D eigenvalue weighted by Crippen LogP contribution is 2.28. The summed E-state index contributed by atoms with van der Waals surface area (Å²) in [5, 5.41) is 22.0. The third kappa shape index (κ3) is 3.64. The Hall–Kier alpha value is -3.48. The van der Waals surface area contributed by atoms with E-state index in [9.17, 15) is 0 Å². The lowest BCUT2D eigenvalue weighted by Gasteiger charge is -2.23. The lowest BCUT2D eigenvalue weighted by atomic mass is 10.1. The Morgan fingerprint density at radius 3 is 2.36 bits per heavy atom.